The molecule has 1 unspecified atom stereocenters. The molecule has 1 rings (SSSR count). The summed E-state index contributed by atoms with van der Waals surface area (Å²) in [5.74, 6) is 1.22. The van der Waals surface area contributed by atoms with E-state index in [4.69, 9.17) is 4.74 Å². The molecule has 0 radical (unpaired) electrons. The van der Waals surface area contributed by atoms with Gasteiger partial charge in [0.25, 0.3) is 0 Å². The first-order valence-corrected chi connectivity index (χ1v) is 5.11. The van der Waals surface area contributed by atoms with Crippen LogP contribution in [0.5, 0.6) is 0 Å². The standard InChI is InChI=1S/C8H16OS/c1-3-10-8-5-4-7(2)9-6-8/h7-8H,3-6H2,1-2H3/t7?,8-/m1/s1. The summed E-state index contributed by atoms with van der Waals surface area (Å²) in [6, 6.07) is 0. The van der Waals surface area contributed by atoms with Gasteiger partial charge in [0.2, 0.25) is 0 Å². The van der Waals surface area contributed by atoms with Crippen LogP contribution in [0.15, 0.2) is 0 Å². The summed E-state index contributed by atoms with van der Waals surface area (Å²) >= 11 is 2.03. The average Bonchev–Trinajstić information content (AvgIpc) is 1.95. The predicted octanol–water partition coefficient (Wildman–Crippen LogP) is 2.31. The van der Waals surface area contributed by atoms with E-state index in [9.17, 15) is 0 Å². The molecule has 0 N–H and O–H groups in total. The Hall–Kier alpha value is 0.310. The molecule has 60 valence electrons. The maximum absolute atomic E-state index is 5.52. The molecule has 1 heterocycles. The molecule has 0 aliphatic carbocycles. The fraction of sp³-hybridized carbons (Fsp3) is 1.00. The molecule has 0 spiro atoms. The second-order valence-corrected chi connectivity index (χ2v) is 4.38. The highest BCUT2D eigenvalue weighted by molar-refractivity contribution is 7.99. The first kappa shape index (κ1) is 8.41. The third-order valence-electron chi connectivity index (χ3n) is 1.86. The molecule has 0 aromatic carbocycles. The molecule has 1 fully saturated rings. The van der Waals surface area contributed by atoms with Gasteiger partial charge in [-0.2, -0.15) is 11.8 Å². The molecular formula is C8H16OS. The molecular weight excluding hydrogens is 144 g/mol. The van der Waals surface area contributed by atoms with Crippen molar-refractivity contribution >= 4 is 11.8 Å². The number of ether oxygens (including phenoxy) is 1. The van der Waals surface area contributed by atoms with E-state index < -0.39 is 0 Å². The summed E-state index contributed by atoms with van der Waals surface area (Å²) in [5.41, 5.74) is 0. The Bertz CT molecular complexity index is 87.3. The van der Waals surface area contributed by atoms with Crippen molar-refractivity contribution < 1.29 is 4.74 Å². The lowest BCUT2D eigenvalue weighted by molar-refractivity contribution is 0.0324. The van der Waals surface area contributed by atoms with Gasteiger partial charge in [0, 0.05) is 5.25 Å². The Labute approximate surface area is 67.5 Å². The summed E-state index contributed by atoms with van der Waals surface area (Å²) in [6.07, 6.45) is 3.10. The Morgan fingerprint density at radius 1 is 1.50 bits per heavy atom. The summed E-state index contributed by atoms with van der Waals surface area (Å²) in [5, 5.41) is 0.779. The van der Waals surface area contributed by atoms with Gasteiger partial charge >= 0.3 is 0 Å². The van der Waals surface area contributed by atoms with Crippen LogP contribution in [0.2, 0.25) is 0 Å². The van der Waals surface area contributed by atoms with Gasteiger partial charge in [-0.1, -0.05) is 6.92 Å². The van der Waals surface area contributed by atoms with Crippen LogP contribution in [0.3, 0.4) is 0 Å². The van der Waals surface area contributed by atoms with E-state index in [-0.39, 0.29) is 0 Å². The lowest BCUT2D eigenvalue weighted by atomic mass is 10.1. The Kier molecular flexibility index (Phi) is 3.57. The van der Waals surface area contributed by atoms with Gasteiger partial charge in [0.1, 0.15) is 0 Å². The van der Waals surface area contributed by atoms with Crippen molar-refractivity contribution in [3.8, 4) is 0 Å². The Balaban J connectivity index is 2.13. The highest BCUT2D eigenvalue weighted by Crippen LogP contribution is 2.23. The fourth-order valence-electron chi connectivity index (χ4n) is 1.23. The molecule has 0 aromatic heterocycles. The van der Waals surface area contributed by atoms with E-state index >= 15 is 0 Å². The summed E-state index contributed by atoms with van der Waals surface area (Å²) in [4.78, 5) is 0. The van der Waals surface area contributed by atoms with Gasteiger partial charge in [-0.05, 0) is 25.5 Å². The highest BCUT2D eigenvalue weighted by Gasteiger charge is 2.17. The third kappa shape index (κ3) is 2.51. The van der Waals surface area contributed by atoms with E-state index in [1.54, 1.807) is 0 Å². The minimum Gasteiger partial charge on any atom is -0.377 e. The average molecular weight is 160 g/mol. The largest absolute Gasteiger partial charge is 0.377 e. The molecule has 1 aliphatic heterocycles. The second kappa shape index (κ2) is 4.24. The fourth-order valence-corrected chi connectivity index (χ4v) is 2.17. The van der Waals surface area contributed by atoms with Gasteiger partial charge in [0.15, 0.2) is 0 Å². The van der Waals surface area contributed by atoms with E-state index in [1.165, 1.54) is 18.6 Å². The van der Waals surface area contributed by atoms with Crippen molar-refractivity contribution in [3.63, 3.8) is 0 Å². The van der Waals surface area contributed by atoms with Crippen LogP contribution < -0.4 is 0 Å². The molecule has 1 nitrogen and oxygen atoms in total. The number of thioether (sulfide) groups is 1. The van der Waals surface area contributed by atoms with Crippen LogP contribution in [0.4, 0.5) is 0 Å². The first-order valence-electron chi connectivity index (χ1n) is 4.06. The van der Waals surface area contributed by atoms with E-state index in [2.05, 4.69) is 13.8 Å². The SMILES string of the molecule is CCS[C@@H]1CCC(C)OC1. The van der Waals surface area contributed by atoms with Crippen molar-refractivity contribution in [1.29, 1.82) is 0 Å². The molecule has 0 bridgehead atoms. The van der Waals surface area contributed by atoms with Crippen molar-refractivity contribution in [2.24, 2.45) is 0 Å². The summed E-state index contributed by atoms with van der Waals surface area (Å²) in [7, 11) is 0. The van der Waals surface area contributed by atoms with Crippen molar-refractivity contribution in [1.82, 2.24) is 0 Å². The summed E-state index contributed by atoms with van der Waals surface area (Å²) < 4.78 is 5.52. The molecule has 2 atom stereocenters. The number of hydrogen-bond donors (Lipinski definition) is 0. The maximum atomic E-state index is 5.52. The van der Waals surface area contributed by atoms with Crippen LogP contribution in [-0.2, 0) is 4.74 Å². The van der Waals surface area contributed by atoms with Gasteiger partial charge in [0.05, 0.1) is 12.7 Å². The van der Waals surface area contributed by atoms with Crippen LogP contribution in [0.25, 0.3) is 0 Å². The monoisotopic (exact) mass is 160 g/mol. The molecule has 0 saturated carbocycles. The zero-order chi connectivity index (χ0) is 7.40. The van der Waals surface area contributed by atoms with Gasteiger partial charge in [-0.15, -0.1) is 0 Å². The Morgan fingerprint density at radius 2 is 2.30 bits per heavy atom. The normalized spacial score (nSPS) is 34.2. The van der Waals surface area contributed by atoms with E-state index in [0.29, 0.717) is 6.10 Å². The maximum Gasteiger partial charge on any atom is 0.0588 e. The quantitative estimate of drug-likeness (QED) is 0.613. The number of hydrogen-bond acceptors (Lipinski definition) is 2. The number of rotatable bonds is 2. The molecule has 0 amide bonds. The van der Waals surface area contributed by atoms with Crippen LogP contribution in [-0.4, -0.2) is 23.7 Å². The second-order valence-electron chi connectivity index (χ2n) is 2.80. The molecule has 10 heavy (non-hydrogen) atoms. The van der Waals surface area contributed by atoms with Crippen LogP contribution in [0, 0.1) is 0 Å². The van der Waals surface area contributed by atoms with E-state index in [1.807, 2.05) is 11.8 Å². The third-order valence-corrected chi connectivity index (χ3v) is 3.04. The van der Waals surface area contributed by atoms with Gasteiger partial charge in [-0.25, -0.2) is 0 Å². The molecule has 2 heteroatoms. The lowest BCUT2D eigenvalue weighted by Crippen LogP contribution is -2.25. The molecule has 0 aromatic rings. The van der Waals surface area contributed by atoms with E-state index in [0.717, 1.165) is 11.9 Å². The van der Waals surface area contributed by atoms with Crippen LogP contribution >= 0.6 is 11.8 Å². The first-order chi connectivity index (χ1) is 4.83. The minimum atomic E-state index is 0.508. The van der Waals surface area contributed by atoms with Gasteiger partial charge < -0.3 is 4.74 Å². The minimum absolute atomic E-state index is 0.508. The van der Waals surface area contributed by atoms with Crippen molar-refractivity contribution in [2.45, 2.75) is 38.0 Å². The Morgan fingerprint density at radius 3 is 2.80 bits per heavy atom. The topological polar surface area (TPSA) is 9.23 Å². The van der Waals surface area contributed by atoms with Crippen molar-refractivity contribution in [2.75, 3.05) is 12.4 Å². The van der Waals surface area contributed by atoms with Gasteiger partial charge in [-0.3, -0.25) is 0 Å². The highest BCUT2D eigenvalue weighted by atomic mass is 32.2. The molecule has 1 aliphatic rings. The lowest BCUT2D eigenvalue weighted by Gasteiger charge is -2.25. The van der Waals surface area contributed by atoms with Crippen molar-refractivity contribution in [3.05, 3.63) is 0 Å². The zero-order valence-corrected chi connectivity index (χ0v) is 7.62. The smallest absolute Gasteiger partial charge is 0.0588 e. The predicted molar refractivity (Wildman–Crippen MR) is 46.6 cm³/mol. The van der Waals surface area contributed by atoms with Crippen LogP contribution in [0.1, 0.15) is 26.7 Å². The molecule has 1 saturated heterocycles. The summed E-state index contributed by atoms with van der Waals surface area (Å²) in [6.45, 7) is 5.34. The zero-order valence-electron chi connectivity index (χ0n) is 6.80.